The molecule has 0 aliphatic carbocycles. The average molecular weight is 183 g/mol. The molecule has 1 aliphatic heterocycles. The maximum atomic E-state index is 3.72. The summed E-state index contributed by atoms with van der Waals surface area (Å²) in [6.45, 7) is 11.7. The van der Waals surface area contributed by atoms with Crippen molar-refractivity contribution in [1.82, 2.24) is 5.32 Å². The van der Waals surface area contributed by atoms with Crippen molar-refractivity contribution in [2.75, 3.05) is 0 Å². The van der Waals surface area contributed by atoms with Crippen molar-refractivity contribution in [3.63, 3.8) is 0 Å². The molecule has 3 unspecified atom stereocenters. The van der Waals surface area contributed by atoms with Gasteiger partial charge in [-0.15, -0.1) is 0 Å². The van der Waals surface area contributed by atoms with E-state index in [2.05, 4.69) is 39.9 Å². The molecule has 78 valence electrons. The number of rotatable bonds is 1. The third kappa shape index (κ3) is 2.98. The highest BCUT2D eigenvalue weighted by molar-refractivity contribution is 4.86. The molecule has 1 heteroatoms. The fourth-order valence-electron chi connectivity index (χ4n) is 2.17. The number of piperidine rings is 1. The van der Waals surface area contributed by atoms with E-state index in [0.29, 0.717) is 5.41 Å². The summed E-state index contributed by atoms with van der Waals surface area (Å²) >= 11 is 0. The van der Waals surface area contributed by atoms with E-state index < -0.39 is 0 Å². The molecule has 1 nitrogen and oxygen atoms in total. The molecule has 0 spiro atoms. The summed E-state index contributed by atoms with van der Waals surface area (Å²) in [6.07, 6.45) is 4.12. The van der Waals surface area contributed by atoms with E-state index in [4.69, 9.17) is 0 Å². The van der Waals surface area contributed by atoms with Gasteiger partial charge in [0.25, 0.3) is 0 Å². The third-order valence-corrected chi connectivity index (χ3v) is 3.62. The fourth-order valence-corrected chi connectivity index (χ4v) is 2.17. The van der Waals surface area contributed by atoms with Crippen LogP contribution in [0.1, 0.15) is 53.9 Å². The van der Waals surface area contributed by atoms with Crippen LogP contribution in [0.25, 0.3) is 0 Å². The second-order valence-electron chi connectivity index (χ2n) is 5.76. The van der Waals surface area contributed by atoms with Crippen molar-refractivity contribution in [3.05, 3.63) is 0 Å². The van der Waals surface area contributed by atoms with Gasteiger partial charge in [0.05, 0.1) is 0 Å². The summed E-state index contributed by atoms with van der Waals surface area (Å²) in [5.41, 5.74) is 0.439. The Morgan fingerprint density at radius 2 is 1.85 bits per heavy atom. The zero-order valence-electron chi connectivity index (χ0n) is 9.85. The van der Waals surface area contributed by atoms with E-state index in [-0.39, 0.29) is 0 Å². The third-order valence-electron chi connectivity index (χ3n) is 3.62. The maximum absolute atomic E-state index is 3.72. The number of hydrogen-bond donors (Lipinski definition) is 1. The van der Waals surface area contributed by atoms with E-state index in [1.807, 2.05) is 0 Å². The van der Waals surface area contributed by atoms with Gasteiger partial charge in [-0.3, -0.25) is 0 Å². The minimum Gasteiger partial charge on any atom is -0.311 e. The first-order valence-electron chi connectivity index (χ1n) is 5.67. The molecule has 0 aromatic carbocycles. The van der Waals surface area contributed by atoms with Crippen molar-refractivity contribution in [3.8, 4) is 0 Å². The highest BCUT2D eigenvalue weighted by Crippen LogP contribution is 2.32. The topological polar surface area (TPSA) is 12.0 Å². The minimum absolute atomic E-state index is 0.439. The lowest BCUT2D eigenvalue weighted by molar-refractivity contribution is 0.159. The summed E-state index contributed by atoms with van der Waals surface area (Å²) in [5.74, 6) is 0.773. The molecule has 0 radical (unpaired) electrons. The Labute approximate surface area is 83.3 Å². The Morgan fingerprint density at radius 3 is 2.31 bits per heavy atom. The molecule has 0 aromatic heterocycles. The zero-order chi connectivity index (χ0) is 10.1. The lowest BCUT2D eigenvalue weighted by Gasteiger charge is -2.39. The quantitative estimate of drug-likeness (QED) is 0.658. The van der Waals surface area contributed by atoms with Gasteiger partial charge in [0.1, 0.15) is 0 Å². The molecule has 1 fully saturated rings. The van der Waals surface area contributed by atoms with Crippen LogP contribution in [0, 0.1) is 11.3 Å². The predicted octanol–water partition coefficient (Wildman–Crippen LogP) is 3.20. The Bertz CT molecular complexity index is 157. The van der Waals surface area contributed by atoms with E-state index in [1.54, 1.807) is 0 Å². The van der Waals surface area contributed by atoms with Gasteiger partial charge in [0.2, 0.25) is 0 Å². The molecule has 1 N–H and O–H groups in total. The van der Waals surface area contributed by atoms with Crippen LogP contribution in [0.15, 0.2) is 0 Å². The van der Waals surface area contributed by atoms with Crippen LogP contribution < -0.4 is 5.32 Å². The smallest absolute Gasteiger partial charge is 0.0100 e. The van der Waals surface area contributed by atoms with Crippen LogP contribution >= 0.6 is 0 Å². The van der Waals surface area contributed by atoms with Crippen molar-refractivity contribution >= 4 is 0 Å². The van der Waals surface area contributed by atoms with Gasteiger partial charge in [0, 0.05) is 12.1 Å². The molecule has 0 amide bonds. The molecule has 3 atom stereocenters. The largest absolute Gasteiger partial charge is 0.311 e. The molecular weight excluding hydrogens is 158 g/mol. The van der Waals surface area contributed by atoms with Gasteiger partial charge in [0.15, 0.2) is 0 Å². The first-order valence-corrected chi connectivity index (χ1v) is 5.67. The second-order valence-corrected chi connectivity index (χ2v) is 5.76. The van der Waals surface area contributed by atoms with Crippen LogP contribution in [0.2, 0.25) is 0 Å². The molecule has 0 aromatic rings. The SMILES string of the molecule is CC1CCCC(C(C)C(C)(C)C)N1. The zero-order valence-corrected chi connectivity index (χ0v) is 9.85. The van der Waals surface area contributed by atoms with E-state index in [0.717, 1.165) is 18.0 Å². The highest BCUT2D eigenvalue weighted by Gasteiger charge is 2.30. The molecule has 0 bridgehead atoms. The van der Waals surface area contributed by atoms with Crippen molar-refractivity contribution in [1.29, 1.82) is 0 Å². The monoisotopic (exact) mass is 183 g/mol. The maximum Gasteiger partial charge on any atom is 0.0100 e. The Hall–Kier alpha value is -0.0400. The standard InChI is InChI=1S/C12H25N/c1-9-7-6-8-11(13-9)10(2)12(3,4)5/h9-11,13H,6-8H2,1-5H3. The van der Waals surface area contributed by atoms with E-state index in [9.17, 15) is 0 Å². The van der Waals surface area contributed by atoms with Gasteiger partial charge in [-0.1, -0.05) is 34.1 Å². The predicted molar refractivity (Wildman–Crippen MR) is 58.9 cm³/mol. The first-order chi connectivity index (χ1) is 5.91. The van der Waals surface area contributed by atoms with E-state index >= 15 is 0 Å². The van der Waals surface area contributed by atoms with Gasteiger partial charge >= 0.3 is 0 Å². The fraction of sp³-hybridized carbons (Fsp3) is 1.00. The van der Waals surface area contributed by atoms with Crippen LogP contribution in [0.4, 0.5) is 0 Å². The molecule has 1 aliphatic rings. The van der Waals surface area contributed by atoms with Gasteiger partial charge < -0.3 is 5.32 Å². The molecule has 1 saturated heterocycles. The Kier molecular flexibility index (Phi) is 3.39. The Balaban J connectivity index is 2.51. The molecule has 0 saturated carbocycles. The van der Waals surface area contributed by atoms with Crippen molar-refractivity contribution in [2.24, 2.45) is 11.3 Å². The summed E-state index contributed by atoms with van der Waals surface area (Å²) in [5, 5.41) is 3.72. The van der Waals surface area contributed by atoms with Crippen LogP contribution in [-0.4, -0.2) is 12.1 Å². The number of hydrogen-bond acceptors (Lipinski definition) is 1. The average Bonchev–Trinajstić information content (AvgIpc) is 2.01. The lowest BCUT2D eigenvalue weighted by Crippen LogP contribution is -2.47. The van der Waals surface area contributed by atoms with Gasteiger partial charge in [-0.25, -0.2) is 0 Å². The molecule has 13 heavy (non-hydrogen) atoms. The second kappa shape index (κ2) is 4.00. The van der Waals surface area contributed by atoms with Crippen LogP contribution in [0.5, 0.6) is 0 Å². The van der Waals surface area contributed by atoms with Crippen LogP contribution in [-0.2, 0) is 0 Å². The summed E-state index contributed by atoms with van der Waals surface area (Å²) < 4.78 is 0. The first kappa shape index (κ1) is 11.0. The number of nitrogens with one attached hydrogen (secondary N) is 1. The van der Waals surface area contributed by atoms with Gasteiger partial charge in [-0.05, 0) is 31.1 Å². The summed E-state index contributed by atoms with van der Waals surface area (Å²) in [7, 11) is 0. The Morgan fingerprint density at radius 1 is 1.23 bits per heavy atom. The van der Waals surface area contributed by atoms with Crippen molar-refractivity contribution in [2.45, 2.75) is 66.0 Å². The molecular formula is C12H25N. The highest BCUT2D eigenvalue weighted by atomic mass is 15.0. The van der Waals surface area contributed by atoms with Gasteiger partial charge in [-0.2, -0.15) is 0 Å². The molecule has 1 heterocycles. The molecule has 1 rings (SSSR count). The van der Waals surface area contributed by atoms with E-state index in [1.165, 1.54) is 19.3 Å². The summed E-state index contributed by atoms with van der Waals surface area (Å²) in [4.78, 5) is 0. The van der Waals surface area contributed by atoms with Crippen molar-refractivity contribution < 1.29 is 0 Å². The lowest BCUT2D eigenvalue weighted by atomic mass is 9.75. The minimum atomic E-state index is 0.439. The van der Waals surface area contributed by atoms with Crippen LogP contribution in [0.3, 0.4) is 0 Å². The normalized spacial score (nSPS) is 33.0. The summed E-state index contributed by atoms with van der Waals surface area (Å²) in [6, 6.07) is 1.47.